The molecule has 0 bridgehead atoms. The van der Waals surface area contributed by atoms with E-state index in [9.17, 15) is 14.4 Å². The number of anilines is 2. The van der Waals surface area contributed by atoms with Crippen molar-refractivity contribution in [1.82, 2.24) is 0 Å². The number of aryl methyl sites for hydroxylation is 1. The van der Waals surface area contributed by atoms with Gasteiger partial charge in [-0.25, -0.2) is 0 Å². The molecule has 5 nitrogen and oxygen atoms in total. The molecule has 0 aromatic heterocycles. The van der Waals surface area contributed by atoms with Crippen LogP contribution in [0.1, 0.15) is 28.8 Å². The minimum Gasteiger partial charge on any atom is -0.322 e. The van der Waals surface area contributed by atoms with Gasteiger partial charge in [0.1, 0.15) is 0 Å². The number of amides is 3. The third-order valence-corrected chi connectivity index (χ3v) is 8.72. The lowest BCUT2D eigenvalue weighted by molar-refractivity contribution is -0.122. The average molecular weight is 555 g/mol. The molecule has 2 aliphatic rings. The highest BCUT2D eigenvalue weighted by atomic mass is 79.9. The van der Waals surface area contributed by atoms with Crippen molar-refractivity contribution in [2.45, 2.75) is 29.4 Å². The summed E-state index contributed by atoms with van der Waals surface area (Å²) in [6.45, 7) is 1.88. The normalized spacial score (nSPS) is 25.9. The number of carbonyl (C=O) groups is 3. The number of hydrogen-bond donors (Lipinski definition) is 1. The fraction of sp³-hybridized carbons (Fsp3) is 0.318. The molecular formula is C22H19Br2ClN2O3. The summed E-state index contributed by atoms with van der Waals surface area (Å²) < 4.78 is 0. The van der Waals surface area contributed by atoms with Crippen LogP contribution in [0.25, 0.3) is 0 Å². The van der Waals surface area contributed by atoms with Crippen LogP contribution in [-0.2, 0) is 9.59 Å². The van der Waals surface area contributed by atoms with E-state index >= 15 is 0 Å². The molecule has 0 unspecified atom stereocenters. The Kier molecular flexibility index (Phi) is 6.06. The van der Waals surface area contributed by atoms with E-state index in [1.54, 1.807) is 36.4 Å². The van der Waals surface area contributed by atoms with Crippen molar-refractivity contribution in [3.8, 4) is 0 Å². The van der Waals surface area contributed by atoms with Gasteiger partial charge < -0.3 is 5.32 Å². The summed E-state index contributed by atoms with van der Waals surface area (Å²) in [5, 5.41) is 3.38. The highest BCUT2D eigenvalue weighted by Crippen LogP contribution is 2.44. The Labute approximate surface area is 196 Å². The summed E-state index contributed by atoms with van der Waals surface area (Å²) in [6, 6.07) is 11.8. The van der Waals surface area contributed by atoms with Crippen LogP contribution in [-0.4, -0.2) is 27.4 Å². The van der Waals surface area contributed by atoms with E-state index in [2.05, 4.69) is 37.2 Å². The number of imide groups is 1. The summed E-state index contributed by atoms with van der Waals surface area (Å²) in [7, 11) is 0. The average Bonchev–Trinajstić information content (AvgIpc) is 2.95. The van der Waals surface area contributed by atoms with Crippen LogP contribution in [0.5, 0.6) is 0 Å². The number of alkyl halides is 2. The first-order chi connectivity index (χ1) is 14.3. The molecule has 2 aromatic rings. The Bertz CT molecular complexity index is 1000. The first-order valence-electron chi connectivity index (χ1n) is 9.60. The Hall–Kier alpha value is -1.70. The van der Waals surface area contributed by atoms with Crippen LogP contribution < -0.4 is 10.2 Å². The highest BCUT2D eigenvalue weighted by molar-refractivity contribution is 9.12. The Balaban J connectivity index is 1.52. The zero-order valence-electron chi connectivity index (χ0n) is 16.1. The first-order valence-corrected chi connectivity index (χ1v) is 11.8. The molecule has 0 radical (unpaired) electrons. The van der Waals surface area contributed by atoms with Gasteiger partial charge in [0.15, 0.2) is 0 Å². The van der Waals surface area contributed by atoms with Crippen LogP contribution >= 0.6 is 43.5 Å². The second kappa shape index (κ2) is 8.44. The molecule has 1 saturated carbocycles. The molecule has 8 heteroatoms. The van der Waals surface area contributed by atoms with Gasteiger partial charge in [-0.3, -0.25) is 19.3 Å². The molecule has 30 heavy (non-hydrogen) atoms. The van der Waals surface area contributed by atoms with Gasteiger partial charge in [0.25, 0.3) is 5.91 Å². The number of benzene rings is 2. The topological polar surface area (TPSA) is 66.5 Å². The maximum atomic E-state index is 12.9. The van der Waals surface area contributed by atoms with Gasteiger partial charge in [0.2, 0.25) is 11.8 Å². The van der Waals surface area contributed by atoms with E-state index in [0.29, 0.717) is 34.8 Å². The maximum Gasteiger partial charge on any atom is 0.255 e. The SMILES string of the molecule is Cc1ccc(Cl)cc1NC(=O)c1ccc(N2C(=O)[C@H]3C[C@@H](Br)[C@@H](Br)C[C@H]3C2=O)cc1. The fourth-order valence-electron chi connectivity index (χ4n) is 4.03. The number of nitrogens with zero attached hydrogens (tertiary/aromatic N) is 1. The van der Waals surface area contributed by atoms with E-state index in [4.69, 9.17) is 11.6 Å². The maximum absolute atomic E-state index is 12.9. The molecule has 1 aliphatic heterocycles. The number of fused-ring (bicyclic) bond motifs is 1. The van der Waals surface area contributed by atoms with Gasteiger partial charge in [-0.05, 0) is 61.7 Å². The lowest BCUT2D eigenvalue weighted by atomic mass is 9.81. The van der Waals surface area contributed by atoms with Crippen LogP contribution in [0.4, 0.5) is 11.4 Å². The second-order valence-corrected chi connectivity index (χ2v) is 10.5. The van der Waals surface area contributed by atoms with Gasteiger partial charge in [-0.2, -0.15) is 0 Å². The summed E-state index contributed by atoms with van der Waals surface area (Å²) in [4.78, 5) is 40.0. The van der Waals surface area contributed by atoms with Crippen LogP contribution in [0.3, 0.4) is 0 Å². The molecule has 4 rings (SSSR count). The van der Waals surface area contributed by atoms with Crippen molar-refractivity contribution in [2.75, 3.05) is 10.2 Å². The zero-order chi connectivity index (χ0) is 21.6. The third kappa shape index (κ3) is 3.95. The van der Waals surface area contributed by atoms with Gasteiger partial charge >= 0.3 is 0 Å². The monoisotopic (exact) mass is 552 g/mol. The first kappa shape index (κ1) is 21.5. The van der Waals surface area contributed by atoms with Crippen molar-refractivity contribution in [2.24, 2.45) is 11.8 Å². The van der Waals surface area contributed by atoms with Gasteiger partial charge in [-0.15, -0.1) is 0 Å². The van der Waals surface area contributed by atoms with Crippen molar-refractivity contribution < 1.29 is 14.4 Å². The predicted octanol–water partition coefficient (Wildman–Crippen LogP) is 5.33. The van der Waals surface area contributed by atoms with Crippen LogP contribution in [0, 0.1) is 18.8 Å². The number of nitrogens with one attached hydrogen (secondary N) is 1. The van der Waals surface area contributed by atoms with Crippen molar-refractivity contribution in [3.05, 3.63) is 58.6 Å². The molecule has 1 N–H and O–H groups in total. The van der Waals surface area contributed by atoms with E-state index in [-0.39, 0.29) is 39.2 Å². The highest BCUT2D eigenvalue weighted by Gasteiger charge is 2.52. The molecule has 2 aromatic carbocycles. The number of rotatable bonds is 3. The number of halogens is 3. The van der Waals surface area contributed by atoms with Crippen LogP contribution in [0.15, 0.2) is 42.5 Å². The number of hydrogen-bond acceptors (Lipinski definition) is 3. The van der Waals surface area contributed by atoms with E-state index < -0.39 is 0 Å². The smallest absolute Gasteiger partial charge is 0.255 e. The van der Waals surface area contributed by atoms with Gasteiger partial charge in [0, 0.05) is 25.9 Å². The Morgan fingerprint density at radius 1 is 1.00 bits per heavy atom. The Morgan fingerprint density at radius 3 is 2.13 bits per heavy atom. The molecule has 156 valence electrons. The van der Waals surface area contributed by atoms with E-state index in [1.165, 1.54) is 4.90 Å². The zero-order valence-corrected chi connectivity index (χ0v) is 20.0. The van der Waals surface area contributed by atoms with E-state index in [1.807, 2.05) is 13.0 Å². The van der Waals surface area contributed by atoms with Crippen molar-refractivity contribution in [1.29, 1.82) is 0 Å². The molecule has 3 amide bonds. The summed E-state index contributed by atoms with van der Waals surface area (Å²) in [5.74, 6) is -1.22. The lowest BCUT2D eigenvalue weighted by Crippen LogP contribution is -2.34. The fourth-order valence-corrected chi connectivity index (χ4v) is 5.44. The second-order valence-electron chi connectivity index (χ2n) is 7.69. The van der Waals surface area contributed by atoms with Gasteiger partial charge in [-0.1, -0.05) is 49.5 Å². The standard InChI is InChI=1S/C22H19Br2ClN2O3/c1-11-2-5-13(25)8-19(11)26-20(28)12-3-6-14(7-4-12)27-21(29)15-9-17(23)18(24)10-16(15)22(27)30/h2-8,15-18H,9-10H2,1H3,(H,26,28)/t15-,16+,17+,18-. The van der Waals surface area contributed by atoms with Crippen molar-refractivity contribution in [3.63, 3.8) is 0 Å². The molecule has 1 aliphatic carbocycles. The molecular weight excluding hydrogens is 536 g/mol. The van der Waals surface area contributed by atoms with Gasteiger partial charge in [0.05, 0.1) is 17.5 Å². The summed E-state index contributed by atoms with van der Waals surface area (Å²) in [6.07, 6.45) is 1.25. The summed E-state index contributed by atoms with van der Waals surface area (Å²) >= 11 is 13.2. The predicted molar refractivity (Wildman–Crippen MR) is 125 cm³/mol. The largest absolute Gasteiger partial charge is 0.322 e. The molecule has 0 spiro atoms. The molecule has 2 fully saturated rings. The third-order valence-electron chi connectivity index (χ3n) is 5.75. The minimum absolute atomic E-state index is 0.163. The molecule has 4 atom stereocenters. The molecule has 1 saturated heterocycles. The van der Waals surface area contributed by atoms with Crippen molar-refractivity contribution >= 4 is 72.6 Å². The lowest BCUT2D eigenvalue weighted by Gasteiger charge is -2.29. The Morgan fingerprint density at radius 2 is 1.57 bits per heavy atom. The quantitative estimate of drug-likeness (QED) is 0.412. The molecule has 1 heterocycles. The minimum atomic E-state index is -0.301. The van der Waals surface area contributed by atoms with E-state index in [0.717, 1.165) is 5.56 Å². The summed E-state index contributed by atoms with van der Waals surface area (Å²) in [5.41, 5.74) is 2.46. The van der Waals surface area contributed by atoms with Crippen LogP contribution in [0.2, 0.25) is 5.02 Å². The number of carbonyl (C=O) groups excluding carboxylic acids is 3.